The second-order valence-corrected chi connectivity index (χ2v) is 5.09. The van der Waals surface area contributed by atoms with Crippen LogP contribution in [0, 0.1) is 0 Å². The second-order valence-electron chi connectivity index (χ2n) is 5.09. The van der Waals surface area contributed by atoms with Crippen molar-refractivity contribution in [1.29, 1.82) is 0 Å². The van der Waals surface area contributed by atoms with Crippen LogP contribution in [0.1, 0.15) is 28.8 Å². The molecule has 0 saturated carbocycles. The number of carbonyl (C=O) groups excluding carboxylic acids is 1. The van der Waals surface area contributed by atoms with Gasteiger partial charge in [0.05, 0.1) is 6.61 Å². The van der Waals surface area contributed by atoms with Crippen LogP contribution in [-0.4, -0.2) is 42.8 Å². The van der Waals surface area contributed by atoms with Gasteiger partial charge in [0.15, 0.2) is 0 Å². The standard InChI is InChI=1S/C15H19NO5/c1-20-10-11-3-2-4-12(9-11)13(17)16-15(14(18)19)5-7-21-8-6-15/h2-4,9H,5-8,10H2,1H3,(H,16,17)(H,18,19). The first kappa shape index (κ1) is 15.5. The summed E-state index contributed by atoms with van der Waals surface area (Å²) in [6.45, 7) is 1.06. The Balaban J connectivity index is 2.15. The number of ether oxygens (including phenoxy) is 2. The summed E-state index contributed by atoms with van der Waals surface area (Å²) in [7, 11) is 1.58. The van der Waals surface area contributed by atoms with E-state index in [1.165, 1.54) is 0 Å². The molecule has 1 fully saturated rings. The van der Waals surface area contributed by atoms with Gasteiger partial charge in [0.25, 0.3) is 5.91 Å². The molecule has 0 aromatic heterocycles. The molecule has 0 spiro atoms. The molecular formula is C15H19NO5. The molecular weight excluding hydrogens is 274 g/mol. The van der Waals surface area contributed by atoms with Crippen LogP contribution in [0.2, 0.25) is 0 Å². The summed E-state index contributed by atoms with van der Waals surface area (Å²) >= 11 is 0. The molecule has 1 amide bonds. The number of aliphatic carboxylic acids is 1. The molecule has 0 radical (unpaired) electrons. The average molecular weight is 293 g/mol. The van der Waals surface area contributed by atoms with Gasteiger partial charge in [0, 0.05) is 38.7 Å². The minimum absolute atomic E-state index is 0.270. The maximum absolute atomic E-state index is 12.3. The lowest BCUT2D eigenvalue weighted by molar-refractivity contribution is -0.148. The van der Waals surface area contributed by atoms with E-state index in [-0.39, 0.29) is 12.8 Å². The van der Waals surface area contributed by atoms with E-state index < -0.39 is 17.4 Å². The fraction of sp³-hybridized carbons (Fsp3) is 0.467. The first-order valence-corrected chi connectivity index (χ1v) is 6.79. The smallest absolute Gasteiger partial charge is 0.329 e. The van der Waals surface area contributed by atoms with Crippen molar-refractivity contribution in [3.8, 4) is 0 Å². The van der Waals surface area contributed by atoms with Crippen LogP contribution in [-0.2, 0) is 20.9 Å². The lowest BCUT2D eigenvalue weighted by Crippen LogP contribution is -2.57. The number of methoxy groups -OCH3 is 1. The molecule has 1 aliphatic rings. The summed E-state index contributed by atoms with van der Waals surface area (Å²) in [5.74, 6) is -1.41. The lowest BCUT2D eigenvalue weighted by Gasteiger charge is -2.33. The zero-order valence-corrected chi connectivity index (χ0v) is 11.9. The minimum Gasteiger partial charge on any atom is -0.480 e. The summed E-state index contributed by atoms with van der Waals surface area (Å²) in [6, 6.07) is 6.96. The molecule has 114 valence electrons. The SMILES string of the molecule is COCc1cccc(C(=O)NC2(C(=O)O)CCOCC2)c1. The molecule has 0 atom stereocenters. The van der Waals surface area contributed by atoms with Gasteiger partial charge >= 0.3 is 5.97 Å². The molecule has 2 N–H and O–H groups in total. The van der Waals surface area contributed by atoms with E-state index in [1.807, 2.05) is 6.07 Å². The second kappa shape index (κ2) is 6.69. The highest BCUT2D eigenvalue weighted by atomic mass is 16.5. The molecule has 6 heteroatoms. The van der Waals surface area contributed by atoms with Crippen molar-refractivity contribution >= 4 is 11.9 Å². The Morgan fingerprint density at radius 3 is 2.71 bits per heavy atom. The van der Waals surface area contributed by atoms with Crippen molar-refractivity contribution in [2.75, 3.05) is 20.3 Å². The molecule has 1 aromatic rings. The lowest BCUT2D eigenvalue weighted by atomic mass is 9.89. The minimum atomic E-state index is -1.24. The van der Waals surface area contributed by atoms with Gasteiger partial charge in [-0.05, 0) is 17.7 Å². The highest BCUT2D eigenvalue weighted by Gasteiger charge is 2.41. The highest BCUT2D eigenvalue weighted by Crippen LogP contribution is 2.22. The Labute approximate surface area is 123 Å². The summed E-state index contributed by atoms with van der Waals surface area (Å²) < 4.78 is 10.2. The number of carboxylic acid groups (broad SMARTS) is 1. The Hall–Kier alpha value is -1.92. The summed E-state index contributed by atoms with van der Waals surface area (Å²) in [6.07, 6.45) is 0.539. The van der Waals surface area contributed by atoms with E-state index in [1.54, 1.807) is 25.3 Å². The van der Waals surface area contributed by atoms with Gasteiger partial charge < -0.3 is 19.9 Å². The molecule has 0 bridgehead atoms. The quantitative estimate of drug-likeness (QED) is 0.852. The van der Waals surface area contributed by atoms with Gasteiger partial charge in [-0.15, -0.1) is 0 Å². The summed E-state index contributed by atoms with van der Waals surface area (Å²) in [4.78, 5) is 23.8. The fourth-order valence-electron chi connectivity index (χ4n) is 2.37. The maximum Gasteiger partial charge on any atom is 0.329 e. The van der Waals surface area contributed by atoms with Gasteiger partial charge in [0.1, 0.15) is 5.54 Å². The van der Waals surface area contributed by atoms with E-state index in [2.05, 4.69) is 5.32 Å². The number of amides is 1. The molecule has 0 unspecified atom stereocenters. The monoisotopic (exact) mass is 293 g/mol. The first-order valence-electron chi connectivity index (χ1n) is 6.79. The van der Waals surface area contributed by atoms with Crippen molar-refractivity contribution in [2.24, 2.45) is 0 Å². The molecule has 1 saturated heterocycles. The number of hydrogen-bond donors (Lipinski definition) is 2. The van der Waals surface area contributed by atoms with Crippen LogP contribution >= 0.6 is 0 Å². The van der Waals surface area contributed by atoms with Gasteiger partial charge in [-0.3, -0.25) is 4.79 Å². The van der Waals surface area contributed by atoms with Crippen molar-refractivity contribution in [2.45, 2.75) is 25.0 Å². The molecule has 6 nitrogen and oxygen atoms in total. The molecule has 0 aliphatic carbocycles. The van der Waals surface area contributed by atoms with Gasteiger partial charge in [-0.1, -0.05) is 12.1 Å². The number of benzene rings is 1. The number of carbonyl (C=O) groups is 2. The molecule has 1 aliphatic heterocycles. The Morgan fingerprint density at radius 1 is 1.38 bits per heavy atom. The molecule has 1 aromatic carbocycles. The van der Waals surface area contributed by atoms with E-state index >= 15 is 0 Å². The van der Waals surface area contributed by atoms with Crippen LogP contribution < -0.4 is 5.32 Å². The van der Waals surface area contributed by atoms with Gasteiger partial charge in [0.2, 0.25) is 0 Å². The number of nitrogens with one attached hydrogen (secondary N) is 1. The fourth-order valence-corrected chi connectivity index (χ4v) is 2.37. The third kappa shape index (κ3) is 3.59. The number of hydrogen-bond acceptors (Lipinski definition) is 4. The van der Waals surface area contributed by atoms with Crippen molar-refractivity contribution in [3.63, 3.8) is 0 Å². The van der Waals surface area contributed by atoms with Gasteiger partial charge in [-0.2, -0.15) is 0 Å². The number of carboxylic acids is 1. The average Bonchev–Trinajstić information content (AvgIpc) is 2.48. The van der Waals surface area contributed by atoms with Crippen LogP contribution in [0.25, 0.3) is 0 Å². The Morgan fingerprint density at radius 2 is 2.10 bits per heavy atom. The van der Waals surface area contributed by atoms with Crippen LogP contribution in [0.15, 0.2) is 24.3 Å². The predicted octanol–water partition coefficient (Wildman–Crippen LogP) is 1.20. The van der Waals surface area contributed by atoms with Crippen LogP contribution in [0.5, 0.6) is 0 Å². The predicted molar refractivity (Wildman–Crippen MR) is 75.0 cm³/mol. The first-order chi connectivity index (χ1) is 10.1. The topological polar surface area (TPSA) is 84.9 Å². The normalized spacial score (nSPS) is 17.2. The van der Waals surface area contributed by atoms with Crippen molar-refractivity contribution in [1.82, 2.24) is 5.32 Å². The zero-order valence-electron chi connectivity index (χ0n) is 11.9. The Bertz CT molecular complexity index is 523. The molecule has 21 heavy (non-hydrogen) atoms. The van der Waals surface area contributed by atoms with Gasteiger partial charge in [-0.25, -0.2) is 4.79 Å². The maximum atomic E-state index is 12.3. The third-order valence-electron chi connectivity index (χ3n) is 3.61. The largest absolute Gasteiger partial charge is 0.480 e. The van der Waals surface area contributed by atoms with Crippen LogP contribution in [0.3, 0.4) is 0 Å². The van der Waals surface area contributed by atoms with Crippen molar-refractivity contribution < 1.29 is 24.2 Å². The molecule has 2 rings (SSSR count). The van der Waals surface area contributed by atoms with Crippen molar-refractivity contribution in [3.05, 3.63) is 35.4 Å². The molecule has 1 heterocycles. The van der Waals surface area contributed by atoms with Crippen LogP contribution in [0.4, 0.5) is 0 Å². The van der Waals surface area contributed by atoms with E-state index in [9.17, 15) is 14.7 Å². The van der Waals surface area contributed by atoms with E-state index in [0.29, 0.717) is 25.4 Å². The van der Waals surface area contributed by atoms with E-state index in [4.69, 9.17) is 9.47 Å². The number of rotatable bonds is 5. The zero-order chi connectivity index (χ0) is 15.3. The third-order valence-corrected chi connectivity index (χ3v) is 3.61. The summed E-state index contributed by atoms with van der Waals surface area (Å²) in [5, 5.41) is 12.1. The van der Waals surface area contributed by atoms with E-state index in [0.717, 1.165) is 5.56 Å². The Kier molecular flexibility index (Phi) is 4.93. The highest BCUT2D eigenvalue weighted by molar-refractivity contribution is 5.98. The summed E-state index contributed by atoms with van der Waals surface area (Å²) in [5.41, 5.74) is 0.0465.